The number of hydrogen-bond acceptors (Lipinski definition) is 4. The van der Waals surface area contributed by atoms with Crippen molar-refractivity contribution in [2.75, 3.05) is 19.8 Å². The summed E-state index contributed by atoms with van der Waals surface area (Å²) in [6.07, 6.45) is 5.43. The van der Waals surface area contributed by atoms with Crippen LogP contribution in [0.25, 0.3) is 11.2 Å². The number of nitrogens with one attached hydrogen (secondary N) is 1. The second-order valence-electron chi connectivity index (χ2n) is 6.70. The van der Waals surface area contributed by atoms with Gasteiger partial charge in [0, 0.05) is 26.0 Å². The highest BCUT2D eigenvalue weighted by atomic mass is 16.5. The average Bonchev–Trinajstić information content (AvgIpc) is 3.32. The summed E-state index contributed by atoms with van der Waals surface area (Å²) < 4.78 is 7.35. The molecule has 1 fully saturated rings. The maximum absolute atomic E-state index is 12.3. The van der Waals surface area contributed by atoms with Crippen LogP contribution in [0, 0.1) is 5.92 Å². The Bertz CT molecular complexity index is 885. The molecule has 3 heterocycles. The molecule has 1 aliphatic rings. The van der Waals surface area contributed by atoms with Crippen molar-refractivity contribution in [1.29, 1.82) is 0 Å². The minimum atomic E-state index is -0.101. The highest BCUT2D eigenvalue weighted by molar-refractivity contribution is 5.96. The normalized spacial score (nSPS) is 16.8. The molecule has 2 aromatic heterocycles. The molecule has 3 aromatic rings. The van der Waals surface area contributed by atoms with E-state index in [9.17, 15) is 4.79 Å². The molecule has 0 saturated carbocycles. The van der Waals surface area contributed by atoms with Crippen molar-refractivity contribution in [2.45, 2.75) is 19.4 Å². The molecule has 1 aliphatic heterocycles. The fourth-order valence-corrected chi connectivity index (χ4v) is 3.27. The molecule has 1 unspecified atom stereocenters. The molecule has 26 heavy (non-hydrogen) atoms. The first-order valence-electron chi connectivity index (χ1n) is 9.00. The molecule has 6 heteroatoms. The van der Waals surface area contributed by atoms with Crippen LogP contribution in [0.1, 0.15) is 28.8 Å². The average molecular weight is 350 g/mol. The fourth-order valence-electron chi connectivity index (χ4n) is 3.27. The fraction of sp³-hybridized carbons (Fsp3) is 0.350. The number of carbonyl (C=O) groups excluding carboxylic acids is 1. The van der Waals surface area contributed by atoms with E-state index in [1.807, 2.05) is 22.8 Å². The molecule has 1 atom stereocenters. The van der Waals surface area contributed by atoms with Crippen LogP contribution in [0.15, 0.2) is 48.9 Å². The van der Waals surface area contributed by atoms with Gasteiger partial charge >= 0.3 is 0 Å². The summed E-state index contributed by atoms with van der Waals surface area (Å²) in [6, 6.07) is 12.0. The Kier molecular flexibility index (Phi) is 4.93. The highest BCUT2D eigenvalue weighted by Crippen LogP contribution is 2.16. The van der Waals surface area contributed by atoms with Crippen molar-refractivity contribution in [3.05, 3.63) is 60.0 Å². The van der Waals surface area contributed by atoms with Crippen LogP contribution in [-0.4, -0.2) is 40.2 Å². The zero-order valence-corrected chi connectivity index (χ0v) is 14.6. The van der Waals surface area contributed by atoms with Crippen molar-refractivity contribution in [1.82, 2.24) is 19.9 Å². The number of pyridine rings is 1. The standard InChI is InChI=1S/C20H22N4O2/c25-20(21-8-6-16-7-9-26-13-16)17-10-18-19(22-11-17)24(14-23-18)12-15-4-2-1-3-5-15/h1-5,10-11,14,16H,6-9,12-13H2,(H,21,25). The Balaban J connectivity index is 1.41. The van der Waals surface area contributed by atoms with Crippen molar-refractivity contribution in [3.63, 3.8) is 0 Å². The molecule has 134 valence electrons. The third-order valence-corrected chi connectivity index (χ3v) is 4.78. The lowest BCUT2D eigenvalue weighted by atomic mass is 10.1. The molecule has 0 spiro atoms. The van der Waals surface area contributed by atoms with Crippen molar-refractivity contribution >= 4 is 17.1 Å². The van der Waals surface area contributed by atoms with Crippen LogP contribution < -0.4 is 5.32 Å². The van der Waals surface area contributed by atoms with Gasteiger partial charge in [-0.15, -0.1) is 0 Å². The Morgan fingerprint density at radius 3 is 2.96 bits per heavy atom. The van der Waals surface area contributed by atoms with E-state index >= 15 is 0 Å². The number of aromatic nitrogens is 3. The highest BCUT2D eigenvalue weighted by Gasteiger charge is 2.16. The summed E-state index contributed by atoms with van der Waals surface area (Å²) in [4.78, 5) is 21.2. The monoisotopic (exact) mass is 350 g/mol. The lowest BCUT2D eigenvalue weighted by Crippen LogP contribution is -2.26. The molecule has 1 saturated heterocycles. The Labute approximate surface area is 152 Å². The summed E-state index contributed by atoms with van der Waals surface area (Å²) in [6.45, 7) is 3.01. The number of carbonyl (C=O) groups is 1. The van der Waals surface area contributed by atoms with E-state index in [1.165, 1.54) is 5.56 Å². The summed E-state index contributed by atoms with van der Waals surface area (Å²) >= 11 is 0. The number of amides is 1. The van der Waals surface area contributed by atoms with Crippen LogP contribution in [0.5, 0.6) is 0 Å². The quantitative estimate of drug-likeness (QED) is 0.742. The Morgan fingerprint density at radius 1 is 1.27 bits per heavy atom. The summed E-state index contributed by atoms with van der Waals surface area (Å²) in [7, 11) is 0. The second kappa shape index (κ2) is 7.66. The first-order chi connectivity index (χ1) is 12.8. The van der Waals surface area contributed by atoms with Gasteiger partial charge in [0.1, 0.15) is 5.52 Å². The number of hydrogen-bond donors (Lipinski definition) is 1. The minimum absolute atomic E-state index is 0.101. The Morgan fingerprint density at radius 2 is 2.15 bits per heavy atom. The van der Waals surface area contributed by atoms with E-state index in [0.717, 1.165) is 37.2 Å². The third-order valence-electron chi connectivity index (χ3n) is 4.78. The predicted octanol–water partition coefficient (Wildman–Crippen LogP) is 2.64. The van der Waals surface area contributed by atoms with Crippen LogP contribution in [-0.2, 0) is 11.3 Å². The van der Waals surface area contributed by atoms with Crippen LogP contribution >= 0.6 is 0 Å². The topological polar surface area (TPSA) is 69.0 Å². The van der Waals surface area contributed by atoms with Crippen LogP contribution in [0.4, 0.5) is 0 Å². The minimum Gasteiger partial charge on any atom is -0.381 e. The largest absolute Gasteiger partial charge is 0.381 e. The van der Waals surface area contributed by atoms with Gasteiger partial charge in [0.15, 0.2) is 5.65 Å². The van der Waals surface area contributed by atoms with Crippen molar-refractivity contribution in [3.8, 4) is 0 Å². The summed E-state index contributed by atoms with van der Waals surface area (Å²) in [5.41, 5.74) is 3.25. The zero-order chi connectivity index (χ0) is 17.8. The van der Waals surface area contributed by atoms with E-state index < -0.39 is 0 Å². The second-order valence-corrected chi connectivity index (χ2v) is 6.70. The van der Waals surface area contributed by atoms with E-state index in [4.69, 9.17) is 4.74 Å². The first-order valence-corrected chi connectivity index (χ1v) is 9.00. The lowest BCUT2D eigenvalue weighted by Gasteiger charge is -2.09. The molecule has 0 bridgehead atoms. The molecule has 1 amide bonds. The number of ether oxygens (including phenoxy) is 1. The zero-order valence-electron chi connectivity index (χ0n) is 14.6. The number of imidazole rings is 1. The van der Waals surface area contributed by atoms with Gasteiger partial charge in [0.2, 0.25) is 0 Å². The van der Waals surface area contributed by atoms with Gasteiger partial charge in [-0.05, 0) is 30.4 Å². The van der Waals surface area contributed by atoms with Crippen molar-refractivity contribution in [2.24, 2.45) is 5.92 Å². The smallest absolute Gasteiger partial charge is 0.252 e. The van der Waals surface area contributed by atoms with Gasteiger partial charge in [0.05, 0.1) is 18.4 Å². The molecule has 0 aliphatic carbocycles. The molecular formula is C20H22N4O2. The molecule has 6 nitrogen and oxygen atoms in total. The maximum Gasteiger partial charge on any atom is 0.252 e. The van der Waals surface area contributed by atoms with Gasteiger partial charge in [-0.1, -0.05) is 30.3 Å². The maximum atomic E-state index is 12.3. The van der Waals surface area contributed by atoms with E-state index in [0.29, 0.717) is 24.6 Å². The molecule has 0 radical (unpaired) electrons. The predicted molar refractivity (Wildman–Crippen MR) is 98.9 cm³/mol. The number of fused-ring (bicyclic) bond motifs is 1. The Hall–Kier alpha value is -2.73. The number of rotatable bonds is 6. The molecular weight excluding hydrogens is 328 g/mol. The van der Waals surface area contributed by atoms with Crippen molar-refractivity contribution < 1.29 is 9.53 Å². The van der Waals surface area contributed by atoms with Gasteiger partial charge in [-0.2, -0.15) is 0 Å². The number of benzene rings is 1. The van der Waals surface area contributed by atoms with Crippen LogP contribution in [0.3, 0.4) is 0 Å². The van der Waals surface area contributed by atoms with E-state index in [1.54, 1.807) is 18.6 Å². The van der Waals surface area contributed by atoms with Gasteiger partial charge < -0.3 is 14.6 Å². The molecule has 1 N–H and O–H groups in total. The molecule has 4 rings (SSSR count). The number of nitrogens with zero attached hydrogens (tertiary/aromatic N) is 3. The first kappa shape index (κ1) is 16.7. The van der Waals surface area contributed by atoms with Gasteiger partial charge in [-0.25, -0.2) is 9.97 Å². The molecule has 1 aromatic carbocycles. The SMILES string of the molecule is O=C(NCCC1CCOC1)c1cnc2c(c1)ncn2Cc1ccccc1. The van der Waals surface area contributed by atoms with E-state index in [2.05, 4.69) is 27.4 Å². The summed E-state index contributed by atoms with van der Waals surface area (Å²) in [5, 5.41) is 2.97. The third kappa shape index (κ3) is 3.75. The lowest BCUT2D eigenvalue weighted by molar-refractivity contribution is 0.0950. The van der Waals surface area contributed by atoms with E-state index in [-0.39, 0.29) is 5.91 Å². The summed E-state index contributed by atoms with van der Waals surface area (Å²) in [5.74, 6) is 0.459. The van der Waals surface area contributed by atoms with Gasteiger partial charge in [-0.3, -0.25) is 4.79 Å². The van der Waals surface area contributed by atoms with Crippen LogP contribution in [0.2, 0.25) is 0 Å². The van der Waals surface area contributed by atoms with Gasteiger partial charge in [0.25, 0.3) is 5.91 Å².